The molecule has 150 valence electrons. The molecular formula is C24H21N3O3. The molecule has 3 aromatic rings. The Hall–Kier alpha value is -4.11. The Morgan fingerprint density at radius 1 is 1.00 bits per heavy atom. The van der Waals surface area contributed by atoms with Gasteiger partial charge in [-0.1, -0.05) is 36.4 Å². The molecule has 0 saturated carbocycles. The van der Waals surface area contributed by atoms with Crippen LogP contribution in [0.25, 0.3) is 0 Å². The van der Waals surface area contributed by atoms with Gasteiger partial charge in [0, 0.05) is 18.3 Å². The molecule has 6 nitrogen and oxygen atoms in total. The number of amides is 2. The van der Waals surface area contributed by atoms with Gasteiger partial charge in [0.05, 0.1) is 11.6 Å². The molecule has 0 saturated heterocycles. The summed E-state index contributed by atoms with van der Waals surface area (Å²) in [6.45, 7) is 1.71. The number of rotatable bonds is 7. The SMILES string of the molecule is CC(=O)N(CC(=O)Nc1cccc(C#N)c1)c1ccc(OCc2ccccc2)cc1. The van der Waals surface area contributed by atoms with Gasteiger partial charge in [-0.25, -0.2) is 0 Å². The number of carbonyl (C=O) groups excluding carboxylic acids is 2. The Morgan fingerprint density at radius 3 is 2.40 bits per heavy atom. The second-order valence-electron chi connectivity index (χ2n) is 6.61. The number of benzene rings is 3. The summed E-state index contributed by atoms with van der Waals surface area (Å²) in [4.78, 5) is 25.9. The fourth-order valence-electron chi connectivity index (χ4n) is 2.86. The summed E-state index contributed by atoms with van der Waals surface area (Å²) in [7, 11) is 0. The molecule has 0 atom stereocenters. The van der Waals surface area contributed by atoms with Gasteiger partial charge in [0.1, 0.15) is 18.9 Å². The van der Waals surface area contributed by atoms with Crippen molar-refractivity contribution in [3.8, 4) is 11.8 Å². The van der Waals surface area contributed by atoms with Gasteiger partial charge in [0.2, 0.25) is 11.8 Å². The minimum Gasteiger partial charge on any atom is -0.489 e. The van der Waals surface area contributed by atoms with E-state index in [2.05, 4.69) is 5.32 Å². The number of carbonyl (C=O) groups is 2. The summed E-state index contributed by atoms with van der Waals surface area (Å²) in [5.74, 6) is 0.0578. The summed E-state index contributed by atoms with van der Waals surface area (Å²) >= 11 is 0. The van der Waals surface area contributed by atoms with Gasteiger partial charge < -0.3 is 15.0 Å². The highest BCUT2D eigenvalue weighted by atomic mass is 16.5. The number of ether oxygens (including phenoxy) is 1. The van der Waals surface area contributed by atoms with Crippen LogP contribution in [0, 0.1) is 11.3 Å². The zero-order chi connectivity index (χ0) is 21.3. The zero-order valence-corrected chi connectivity index (χ0v) is 16.5. The van der Waals surface area contributed by atoms with Crippen molar-refractivity contribution in [1.29, 1.82) is 5.26 Å². The van der Waals surface area contributed by atoms with Crippen LogP contribution in [-0.2, 0) is 16.2 Å². The highest BCUT2D eigenvalue weighted by Crippen LogP contribution is 2.21. The third-order valence-corrected chi connectivity index (χ3v) is 4.35. The third kappa shape index (κ3) is 5.69. The van der Waals surface area contributed by atoms with E-state index in [0.717, 1.165) is 5.56 Å². The van der Waals surface area contributed by atoms with Crippen LogP contribution in [0.2, 0.25) is 0 Å². The van der Waals surface area contributed by atoms with Gasteiger partial charge in [-0.3, -0.25) is 9.59 Å². The Bertz CT molecular complexity index is 1060. The molecule has 0 radical (unpaired) electrons. The van der Waals surface area contributed by atoms with E-state index in [1.54, 1.807) is 48.5 Å². The Labute approximate surface area is 175 Å². The molecule has 0 aliphatic heterocycles. The molecule has 30 heavy (non-hydrogen) atoms. The van der Waals surface area contributed by atoms with Crippen LogP contribution in [0.3, 0.4) is 0 Å². The summed E-state index contributed by atoms with van der Waals surface area (Å²) in [5, 5.41) is 11.7. The topological polar surface area (TPSA) is 82.4 Å². The molecule has 2 amide bonds. The van der Waals surface area contributed by atoms with Crippen molar-refractivity contribution in [3.05, 3.63) is 90.0 Å². The van der Waals surface area contributed by atoms with E-state index in [1.165, 1.54) is 11.8 Å². The monoisotopic (exact) mass is 399 g/mol. The van der Waals surface area contributed by atoms with Gasteiger partial charge in [0.25, 0.3) is 0 Å². The molecule has 6 heteroatoms. The average Bonchev–Trinajstić information content (AvgIpc) is 2.77. The van der Waals surface area contributed by atoms with Crippen LogP contribution >= 0.6 is 0 Å². The number of nitrogens with zero attached hydrogens (tertiary/aromatic N) is 2. The van der Waals surface area contributed by atoms with Gasteiger partial charge >= 0.3 is 0 Å². The van der Waals surface area contributed by atoms with Crippen molar-refractivity contribution in [3.63, 3.8) is 0 Å². The molecule has 0 spiro atoms. The minimum atomic E-state index is -0.357. The van der Waals surface area contributed by atoms with Crippen molar-refractivity contribution in [2.24, 2.45) is 0 Å². The highest BCUT2D eigenvalue weighted by Gasteiger charge is 2.16. The van der Waals surface area contributed by atoms with Gasteiger partial charge in [-0.05, 0) is 48.0 Å². The van der Waals surface area contributed by atoms with Crippen LogP contribution < -0.4 is 15.0 Å². The highest BCUT2D eigenvalue weighted by molar-refractivity contribution is 6.01. The molecule has 0 fully saturated rings. The lowest BCUT2D eigenvalue weighted by molar-refractivity contribution is -0.120. The molecule has 3 rings (SSSR count). The first-order valence-electron chi connectivity index (χ1n) is 9.40. The van der Waals surface area contributed by atoms with Crippen LogP contribution in [0.1, 0.15) is 18.1 Å². The lowest BCUT2D eigenvalue weighted by Crippen LogP contribution is -2.36. The van der Waals surface area contributed by atoms with E-state index >= 15 is 0 Å². The number of nitrogens with one attached hydrogen (secondary N) is 1. The van der Waals surface area contributed by atoms with Gasteiger partial charge in [-0.2, -0.15) is 5.26 Å². The first-order chi connectivity index (χ1) is 14.5. The van der Waals surface area contributed by atoms with E-state index in [-0.39, 0.29) is 18.4 Å². The lowest BCUT2D eigenvalue weighted by atomic mass is 10.2. The standard InChI is InChI=1S/C24H21N3O3/c1-18(28)27(16-24(29)26-21-9-5-8-20(14-21)15-25)22-10-12-23(13-11-22)30-17-19-6-3-2-4-7-19/h2-14H,16-17H2,1H3,(H,26,29). The fraction of sp³-hybridized carbons (Fsp3) is 0.125. The third-order valence-electron chi connectivity index (χ3n) is 4.35. The maximum atomic E-state index is 12.4. The van der Waals surface area contributed by atoms with E-state index in [4.69, 9.17) is 10.00 Å². The molecule has 1 N–H and O–H groups in total. The van der Waals surface area contributed by atoms with Crippen molar-refractivity contribution >= 4 is 23.2 Å². The van der Waals surface area contributed by atoms with Crippen molar-refractivity contribution in [2.45, 2.75) is 13.5 Å². The normalized spacial score (nSPS) is 10.0. The maximum Gasteiger partial charge on any atom is 0.244 e. The number of hydrogen-bond acceptors (Lipinski definition) is 4. The first kappa shape index (κ1) is 20.6. The molecular weight excluding hydrogens is 378 g/mol. The number of nitriles is 1. The number of anilines is 2. The van der Waals surface area contributed by atoms with E-state index in [0.29, 0.717) is 29.3 Å². The number of hydrogen-bond donors (Lipinski definition) is 1. The quantitative estimate of drug-likeness (QED) is 0.648. The molecule has 0 heterocycles. The Kier molecular flexibility index (Phi) is 6.80. The van der Waals surface area contributed by atoms with E-state index < -0.39 is 0 Å². The molecule has 0 unspecified atom stereocenters. The Balaban J connectivity index is 1.63. The second-order valence-corrected chi connectivity index (χ2v) is 6.61. The average molecular weight is 399 g/mol. The van der Waals surface area contributed by atoms with E-state index in [1.807, 2.05) is 36.4 Å². The maximum absolute atomic E-state index is 12.4. The molecule has 0 aromatic heterocycles. The fourth-order valence-corrected chi connectivity index (χ4v) is 2.86. The Morgan fingerprint density at radius 2 is 1.73 bits per heavy atom. The molecule has 3 aromatic carbocycles. The predicted octanol–water partition coefficient (Wildman–Crippen LogP) is 4.13. The minimum absolute atomic E-state index is 0.143. The summed E-state index contributed by atoms with van der Waals surface area (Å²) in [5.41, 5.74) is 2.61. The van der Waals surface area contributed by atoms with E-state index in [9.17, 15) is 9.59 Å². The van der Waals surface area contributed by atoms with Crippen molar-refractivity contribution < 1.29 is 14.3 Å². The summed E-state index contributed by atoms with van der Waals surface area (Å²) < 4.78 is 5.76. The zero-order valence-electron chi connectivity index (χ0n) is 16.5. The summed E-state index contributed by atoms with van der Waals surface area (Å²) in [6, 6.07) is 25.5. The molecule has 0 bridgehead atoms. The van der Waals surface area contributed by atoms with Crippen LogP contribution in [0.15, 0.2) is 78.9 Å². The lowest BCUT2D eigenvalue weighted by Gasteiger charge is -2.21. The molecule has 0 aliphatic rings. The first-order valence-corrected chi connectivity index (χ1v) is 9.40. The van der Waals surface area contributed by atoms with Crippen molar-refractivity contribution in [2.75, 3.05) is 16.8 Å². The van der Waals surface area contributed by atoms with Gasteiger partial charge in [-0.15, -0.1) is 0 Å². The smallest absolute Gasteiger partial charge is 0.244 e. The van der Waals surface area contributed by atoms with Crippen molar-refractivity contribution in [1.82, 2.24) is 0 Å². The molecule has 0 aliphatic carbocycles. The van der Waals surface area contributed by atoms with Crippen LogP contribution in [0.5, 0.6) is 5.75 Å². The summed E-state index contributed by atoms with van der Waals surface area (Å²) in [6.07, 6.45) is 0. The largest absolute Gasteiger partial charge is 0.489 e. The van der Waals surface area contributed by atoms with Crippen LogP contribution in [-0.4, -0.2) is 18.4 Å². The van der Waals surface area contributed by atoms with Crippen LogP contribution in [0.4, 0.5) is 11.4 Å². The second kappa shape index (κ2) is 9.89. The predicted molar refractivity (Wildman–Crippen MR) is 115 cm³/mol. The van der Waals surface area contributed by atoms with Gasteiger partial charge in [0.15, 0.2) is 0 Å².